The van der Waals surface area contributed by atoms with E-state index < -0.39 is 11.9 Å². The van der Waals surface area contributed by atoms with Gasteiger partial charge >= 0.3 is 5.97 Å². The lowest BCUT2D eigenvalue weighted by atomic mass is 10.1. The average molecular weight is 286 g/mol. The van der Waals surface area contributed by atoms with Crippen LogP contribution in [0.25, 0.3) is 0 Å². The van der Waals surface area contributed by atoms with Gasteiger partial charge in [-0.05, 0) is 38.2 Å². The van der Waals surface area contributed by atoms with Gasteiger partial charge in [0, 0.05) is 10.9 Å². The van der Waals surface area contributed by atoms with E-state index in [2.05, 4.69) is 23.5 Å². The Morgan fingerprint density at radius 3 is 3.17 bits per heavy atom. The summed E-state index contributed by atoms with van der Waals surface area (Å²) in [6.45, 7) is 2.14. The Hall–Kier alpha value is -0.750. The quantitative estimate of drug-likeness (QED) is 0.842. The molecule has 1 aromatic rings. The number of thiazole rings is 1. The fourth-order valence-corrected chi connectivity index (χ4v) is 3.85. The monoisotopic (exact) mass is 286 g/mol. The molecule has 1 heterocycles. The van der Waals surface area contributed by atoms with E-state index >= 15 is 0 Å². The fraction of sp³-hybridized carbons (Fsp3) is 0.667. The van der Waals surface area contributed by atoms with Gasteiger partial charge in [-0.25, -0.2) is 4.98 Å². The Kier molecular flexibility index (Phi) is 4.50. The number of rotatable bonds is 6. The fourth-order valence-electron chi connectivity index (χ4n) is 2.11. The van der Waals surface area contributed by atoms with Crippen molar-refractivity contribution in [3.05, 3.63) is 10.6 Å². The van der Waals surface area contributed by atoms with Crippen molar-refractivity contribution in [2.45, 2.75) is 38.1 Å². The third-order valence-corrected chi connectivity index (χ3v) is 4.85. The molecule has 6 heteroatoms. The van der Waals surface area contributed by atoms with E-state index in [4.69, 9.17) is 5.11 Å². The molecule has 0 aliphatic heterocycles. The van der Waals surface area contributed by atoms with Crippen molar-refractivity contribution in [3.63, 3.8) is 0 Å². The molecule has 0 amide bonds. The molecule has 0 radical (unpaired) electrons. The minimum Gasteiger partial charge on any atom is -0.481 e. The number of carbonyl (C=O) groups is 1. The van der Waals surface area contributed by atoms with Crippen LogP contribution in [0, 0.1) is 0 Å². The van der Waals surface area contributed by atoms with Crippen molar-refractivity contribution in [3.8, 4) is 0 Å². The zero-order chi connectivity index (χ0) is 13.1. The molecule has 0 aromatic carbocycles. The number of hydrogen-bond acceptors (Lipinski definition) is 5. The molecule has 2 N–H and O–H groups in total. The number of anilines is 1. The van der Waals surface area contributed by atoms with E-state index in [1.807, 2.05) is 11.8 Å². The number of aromatic nitrogens is 1. The minimum atomic E-state index is -0.749. The number of nitrogens with one attached hydrogen (secondary N) is 1. The SMILES string of the molecule is CSCCC(C)Nc1nc2c(s1)CCC2C(=O)O. The van der Waals surface area contributed by atoms with E-state index in [-0.39, 0.29) is 0 Å². The lowest BCUT2D eigenvalue weighted by Crippen LogP contribution is -2.16. The summed E-state index contributed by atoms with van der Waals surface area (Å²) in [4.78, 5) is 16.7. The number of aryl methyl sites for hydroxylation is 1. The maximum Gasteiger partial charge on any atom is 0.312 e. The molecular weight excluding hydrogens is 268 g/mol. The van der Waals surface area contributed by atoms with E-state index in [0.29, 0.717) is 12.5 Å². The van der Waals surface area contributed by atoms with Gasteiger partial charge in [-0.2, -0.15) is 11.8 Å². The second-order valence-electron chi connectivity index (χ2n) is 4.58. The highest BCUT2D eigenvalue weighted by Crippen LogP contribution is 2.38. The van der Waals surface area contributed by atoms with Crippen LogP contribution in [0.3, 0.4) is 0 Å². The molecule has 0 saturated carbocycles. The van der Waals surface area contributed by atoms with Crippen molar-refractivity contribution in [1.29, 1.82) is 0 Å². The molecule has 1 aliphatic rings. The number of nitrogens with zero attached hydrogens (tertiary/aromatic N) is 1. The van der Waals surface area contributed by atoms with Crippen molar-refractivity contribution >= 4 is 34.2 Å². The van der Waals surface area contributed by atoms with Crippen LogP contribution < -0.4 is 5.32 Å². The molecule has 4 nitrogen and oxygen atoms in total. The summed E-state index contributed by atoms with van der Waals surface area (Å²) < 4.78 is 0. The third-order valence-electron chi connectivity index (χ3n) is 3.14. The molecule has 2 atom stereocenters. The van der Waals surface area contributed by atoms with Crippen LogP contribution >= 0.6 is 23.1 Å². The number of hydrogen-bond donors (Lipinski definition) is 2. The normalized spacial score (nSPS) is 19.6. The zero-order valence-corrected chi connectivity index (χ0v) is 12.2. The van der Waals surface area contributed by atoms with Gasteiger partial charge in [0.2, 0.25) is 0 Å². The van der Waals surface area contributed by atoms with Crippen molar-refractivity contribution < 1.29 is 9.90 Å². The first kappa shape index (κ1) is 13.7. The van der Waals surface area contributed by atoms with E-state index in [9.17, 15) is 4.79 Å². The molecular formula is C12H18N2O2S2. The van der Waals surface area contributed by atoms with Gasteiger partial charge < -0.3 is 10.4 Å². The van der Waals surface area contributed by atoms with Gasteiger partial charge in [0.15, 0.2) is 5.13 Å². The highest BCUT2D eigenvalue weighted by Gasteiger charge is 2.32. The highest BCUT2D eigenvalue weighted by molar-refractivity contribution is 7.98. The first-order chi connectivity index (χ1) is 8.61. The van der Waals surface area contributed by atoms with Crippen molar-refractivity contribution in [2.75, 3.05) is 17.3 Å². The van der Waals surface area contributed by atoms with Crippen LogP contribution in [0.15, 0.2) is 0 Å². The maximum absolute atomic E-state index is 11.1. The molecule has 1 aromatic heterocycles. The van der Waals surface area contributed by atoms with Crippen molar-refractivity contribution in [1.82, 2.24) is 4.98 Å². The summed E-state index contributed by atoms with van der Waals surface area (Å²) in [5, 5.41) is 13.4. The van der Waals surface area contributed by atoms with Gasteiger partial charge in [0.05, 0.1) is 5.69 Å². The molecule has 100 valence electrons. The van der Waals surface area contributed by atoms with Crippen LogP contribution in [0.1, 0.15) is 36.3 Å². The van der Waals surface area contributed by atoms with Gasteiger partial charge in [-0.3, -0.25) is 4.79 Å². The van der Waals surface area contributed by atoms with Gasteiger partial charge in [-0.15, -0.1) is 11.3 Å². The predicted molar refractivity (Wildman–Crippen MR) is 76.9 cm³/mol. The third kappa shape index (κ3) is 2.98. The van der Waals surface area contributed by atoms with E-state index in [1.165, 1.54) is 0 Å². The first-order valence-corrected chi connectivity index (χ1v) is 8.30. The molecule has 0 saturated heterocycles. The number of aliphatic carboxylic acids is 1. The van der Waals surface area contributed by atoms with E-state index in [0.717, 1.165) is 34.3 Å². The van der Waals surface area contributed by atoms with E-state index in [1.54, 1.807) is 11.3 Å². The second kappa shape index (κ2) is 5.93. The largest absolute Gasteiger partial charge is 0.481 e. The molecule has 0 spiro atoms. The smallest absolute Gasteiger partial charge is 0.312 e. The Labute approximate surface area is 115 Å². The molecule has 18 heavy (non-hydrogen) atoms. The summed E-state index contributed by atoms with van der Waals surface area (Å²) in [6.07, 6.45) is 4.74. The van der Waals surface area contributed by atoms with Crippen molar-refractivity contribution in [2.24, 2.45) is 0 Å². The molecule has 0 fully saturated rings. The number of thioether (sulfide) groups is 1. The molecule has 0 bridgehead atoms. The minimum absolute atomic E-state index is 0.381. The van der Waals surface area contributed by atoms with Crippen LogP contribution in [0.4, 0.5) is 5.13 Å². The molecule has 2 rings (SSSR count). The average Bonchev–Trinajstić information content (AvgIpc) is 2.84. The summed E-state index contributed by atoms with van der Waals surface area (Å²) in [7, 11) is 0. The van der Waals surface area contributed by atoms with Gasteiger partial charge in [0.1, 0.15) is 5.92 Å². The second-order valence-corrected chi connectivity index (χ2v) is 6.65. The Balaban J connectivity index is 2.00. The van der Waals surface area contributed by atoms with Crippen LogP contribution in [0.2, 0.25) is 0 Å². The summed E-state index contributed by atoms with van der Waals surface area (Å²) in [6, 6.07) is 0.381. The number of carboxylic acid groups (broad SMARTS) is 1. The summed E-state index contributed by atoms with van der Waals surface area (Å²) in [5.41, 5.74) is 0.784. The lowest BCUT2D eigenvalue weighted by molar-refractivity contribution is -0.138. The number of carboxylic acids is 1. The van der Waals surface area contributed by atoms with Crippen LogP contribution in [0.5, 0.6) is 0 Å². The molecule has 1 aliphatic carbocycles. The Morgan fingerprint density at radius 1 is 1.72 bits per heavy atom. The van der Waals surface area contributed by atoms with Gasteiger partial charge in [0.25, 0.3) is 0 Å². The topological polar surface area (TPSA) is 62.2 Å². The summed E-state index contributed by atoms with van der Waals surface area (Å²) >= 11 is 3.45. The Morgan fingerprint density at radius 2 is 2.50 bits per heavy atom. The maximum atomic E-state index is 11.1. The van der Waals surface area contributed by atoms with Crippen LogP contribution in [-0.2, 0) is 11.2 Å². The Bertz CT molecular complexity index is 434. The highest BCUT2D eigenvalue weighted by atomic mass is 32.2. The number of fused-ring (bicyclic) bond motifs is 1. The standard InChI is InChI=1S/C12H18N2O2S2/c1-7(5-6-17-2)13-12-14-10-8(11(15)16)3-4-9(10)18-12/h7-8H,3-6H2,1-2H3,(H,13,14)(H,15,16). The van der Waals surface area contributed by atoms with Crippen LogP contribution in [-0.4, -0.2) is 34.1 Å². The van der Waals surface area contributed by atoms with Gasteiger partial charge in [-0.1, -0.05) is 0 Å². The lowest BCUT2D eigenvalue weighted by Gasteiger charge is -2.11. The molecule has 2 unspecified atom stereocenters. The summed E-state index contributed by atoms with van der Waals surface area (Å²) in [5.74, 6) is -0.0221. The first-order valence-electron chi connectivity index (χ1n) is 6.09. The predicted octanol–water partition coefficient (Wildman–Crippen LogP) is 2.81. The zero-order valence-electron chi connectivity index (χ0n) is 10.6.